The second kappa shape index (κ2) is 7.86. The molecule has 0 radical (unpaired) electrons. The average molecular weight is 372 g/mol. The molecule has 8 heteroatoms. The van der Waals surface area contributed by atoms with Gasteiger partial charge >= 0.3 is 6.18 Å². The van der Waals surface area contributed by atoms with E-state index < -0.39 is 17.6 Å². The van der Waals surface area contributed by atoms with E-state index in [2.05, 4.69) is 20.6 Å². The summed E-state index contributed by atoms with van der Waals surface area (Å²) in [6, 6.07) is 13.9. The number of rotatable bonds is 5. The maximum atomic E-state index is 12.5. The molecular weight excluding hydrogens is 357 g/mol. The molecule has 0 saturated heterocycles. The predicted octanol–water partition coefficient (Wildman–Crippen LogP) is 4.36. The first-order chi connectivity index (χ1) is 12.9. The fraction of sp³-hybridized carbons (Fsp3) is 0.105. The molecule has 3 aromatic rings. The van der Waals surface area contributed by atoms with Gasteiger partial charge in [-0.3, -0.25) is 4.79 Å². The Hall–Kier alpha value is -3.42. The van der Waals surface area contributed by atoms with E-state index in [9.17, 15) is 18.0 Å². The Morgan fingerprint density at radius 1 is 0.926 bits per heavy atom. The molecular formula is C19H15F3N4O. The number of halogens is 3. The fourth-order valence-corrected chi connectivity index (χ4v) is 2.26. The number of carbonyl (C=O) groups is 1. The second-order valence-corrected chi connectivity index (χ2v) is 5.66. The van der Waals surface area contributed by atoms with Gasteiger partial charge in [0.1, 0.15) is 11.5 Å². The number of carbonyl (C=O) groups excluding carboxylic acids is 1. The van der Waals surface area contributed by atoms with E-state index in [4.69, 9.17) is 0 Å². The van der Waals surface area contributed by atoms with E-state index >= 15 is 0 Å². The van der Waals surface area contributed by atoms with Crippen molar-refractivity contribution in [2.45, 2.75) is 12.7 Å². The molecule has 0 spiro atoms. The molecule has 138 valence electrons. The van der Waals surface area contributed by atoms with Crippen LogP contribution >= 0.6 is 0 Å². The zero-order valence-electron chi connectivity index (χ0n) is 14.0. The fourth-order valence-electron chi connectivity index (χ4n) is 2.26. The normalized spacial score (nSPS) is 11.1. The molecule has 0 atom stereocenters. The van der Waals surface area contributed by atoms with Gasteiger partial charge in [-0.05, 0) is 29.8 Å². The summed E-state index contributed by atoms with van der Waals surface area (Å²) >= 11 is 0. The predicted molar refractivity (Wildman–Crippen MR) is 95.2 cm³/mol. The number of nitrogens with zero attached hydrogens (tertiary/aromatic N) is 2. The molecule has 0 fully saturated rings. The summed E-state index contributed by atoms with van der Waals surface area (Å²) in [5.74, 6) is -0.0539. The van der Waals surface area contributed by atoms with E-state index in [1.165, 1.54) is 24.5 Å². The third kappa shape index (κ3) is 5.04. The van der Waals surface area contributed by atoms with Crippen molar-refractivity contribution in [1.29, 1.82) is 0 Å². The van der Waals surface area contributed by atoms with Crippen molar-refractivity contribution in [2.24, 2.45) is 0 Å². The number of nitrogens with one attached hydrogen (secondary N) is 2. The highest BCUT2D eigenvalue weighted by Gasteiger charge is 2.30. The van der Waals surface area contributed by atoms with Crippen molar-refractivity contribution in [3.63, 3.8) is 0 Å². The molecule has 0 bridgehead atoms. The largest absolute Gasteiger partial charge is 0.416 e. The lowest BCUT2D eigenvalue weighted by Crippen LogP contribution is -2.15. The van der Waals surface area contributed by atoms with Crippen LogP contribution in [0.15, 0.2) is 67.0 Å². The van der Waals surface area contributed by atoms with Gasteiger partial charge in [0.25, 0.3) is 5.91 Å². The third-order valence-corrected chi connectivity index (χ3v) is 3.67. The van der Waals surface area contributed by atoms with Crippen molar-refractivity contribution >= 4 is 17.4 Å². The second-order valence-electron chi connectivity index (χ2n) is 5.66. The highest BCUT2D eigenvalue weighted by Crippen LogP contribution is 2.29. The summed E-state index contributed by atoms with van der Waals surface area (Å²) in [6.07, 6.45) is -1.70. The lowest BCUT2D eigenvalue weighted by molar-refractivity contribution is -0.137. The molecule has 5 nitrogen and oxygen atoms in total. The van der Waals surface area contributed by atoms with Crippen molar-refractivity contribution in [1.82, 2.24) is 9.97 Å². The summed E-state index contributed by atoms with van der Waals surface area (Å²) in [7, 11) is 0. The first-order valence-electron chi connectivity index (χ1n) is 8.00. The number of aromatic nitrogens is 2. The Balaban J connectivity index is 1.58. The van der Waals surface area contributed by atoms with Gasteiger partial charge in [-0.1, -0.05) is 30.3 Å². The Labute approximate surface area is 153 Å². The maximum Gasteiger partial charge on any atom is 0.416 e. The number of hydrogen-bond acceptors (Lipinski definition) is 4. The maximum absolute atomic E-state index is 12.5. The van der Waals surface area contributed by atoms with Gasteiger partial charge in [0.2, 0.25) is 0 Å². The average Bonchev–Trinajstić information content (AvgIpc) is 2.67. The van der Waals surface area contributed by atoms with Crippen LogP contribution in [0.1, 0.15) is 21.6 Å². The van der Waals surface area contributed by atoms with Crippen molar-refractivity contribution in [3.8, 4) is 0 Å². The zero-order chi connectivity index (χ0) is 19.3. The first kappa shape index (κ1) is 18.4. The smallest absolute Gasteiger partial charge is 0.365 e. The molecule has 1 aromatic heterocycles. The van der Waals surface area contributed by atoms with Gasteiger partial charge in [-0.25, -0.2) is 9.97 Å². The molecule has 0 saturated carbocycles. The van der Waals surface area contributed by atoms with E-state index in [0.717, 1.165) is 17.7 Å². The molecule has 3 rings (SSSR count). The van der Waals surface area contributed by atoms with E-state index in [1.807, 2.05) is 30.3 Å². The Morgan fingerprint density at radius 3 is 2.22 bits per heavy atom. The van der Waals surface area contributed by atoms with Crippen LogP contribution in [-0.2, 0) is 12.7 Å². The summed E-state index contributed by atoms with van der Waals surface area (Å²) in [5.41, 5.74) is 0.582. The number of benzene rings is 2. The molecule has 2 aromatic carbocycles. The van der Waals surface area contributed by atoms with Crippen LogP contribution < -0.4 is 10.6 Å². The monoisotopic (exact) mass is 372 g/mol. The van der Waals surface area contributed by atoms with Crippen LogP contribution in [0.4, 0.5) is 24.7 Å². The summed E-state index contributed by atoms with van der Waals surface area (Å²) in [6.45, 7) is 0.562. The van der Waals surface area contributed by atoms with E-state index in [1.54, 1.807) is 0 Å². The minimum absolute atomic E-state index is 0.0557. The van der Waals surface area contributed by atoms with Gasteiger partial charge in [-0.15, -0.1) is 0 Å². The Kier molecular flexibility index (Phi) is 5.35. The molecule has 0 aliphatic heterocycles. The van der Waals surface area contributed by atoms with Crippen LogP contribution in [-0.4, -0.2) is 15.9 Å². The van der Waals surface area contributed by atoms with Gasteiger partial charge < -0.3 is 10.6 Å². The highest BCUT2D eigenvalue weighted by molar-refractivity contribution is 6.02. The topological polar surface area (TPSA) is 66.9 Å². The van der Waals surface area contributed by atoms with Gasteiger partial charge in [-0.2, -0.15) is 13.2 Å². The lowest BCUT2D eigenvalue weighted by atomic mass is 10.2. The van der Waals surface area contributed by atoms with Gasteiger partial charge in [0.05, 0.1) is 18.0 Å². The molecule has 1 heterocycles. The quantitative estimate of drug-likeness (QED) is 0.698. The van der Waals surface area contributed by atoms with Crippen molar-refractivity contribution in [3.05, 3.63) is 83.8 Å². The van der Waals surface area contributed by atoms with Crippen LogP contribution in [0, 0.1) is 0 Å². The first-order valence-corrected chi connectivity index (χ1v) is 8.00. The van der Waals surface area contributed by atoms with Gasteiger partial charge in [0.15, 0.2) is 0 Å². The minimum atomic E-state index is -4.42. The number of anilines is 2. The number of amides is 1. The standard InChI is InChI=1S/C19H15F3N4O/c20-19(21,22)14-6-8-15(9-7-14)26-18(27)16-11-25-17(12-23-16)24-10-13-4-2-1-3-5-13/h1-9,11-12H,10H2,(H,24,25)(H,26,27). The van der Waals surface area contributed by atoms with Crippen LogP contribution in [0.2, 0.25) is 0 Å². The van der Waals surface area contributed by atoms with Gasteiger partial charge in [0, 0.05) is 12.2 Å². The van der Waals surface area contributed by atoms with Crippen LogP contribution in [0.5, 0.6) is 0 Å². The number of alkyl halides is 3. The highest BCUT2D eigenvalue weighted by atomic mass is 19.4. The van der Waals surface area contributed by atoms with Crippen LogP contribution in [0.25, 0.3) is 0 Å². The molecule has 1 amide bonds. The SMILES string of the molecule is O=C(Nc1ccc(C(F)(F)F)cc1)c1cnc(NCc2ccccc2)cn1. The Morgan fingerprint density at radius 2 is 1.63 bits per heavy atom. The molecule has 0 aliphatic carbocycles. The Bertz CT molecular complexity index is 895. The third-order valence-electron chi connectivity index (χ3n) is 3.67. The summed E-state index contributed by atoms with van der Waals surface area (Å²) < 4.78 is 37.6. The van der Waals surface area contributed by atoms with E-state index in [0.29, 0.717) is 12.4 Å². The van der Waals surface area contributed by atoms with E-state index in [-0.39, 0.29) is 11.4 Å². The molecule has 0 aliphatic rings. The summed E-state index contributed by atoms with van der Waals surface area (Å²) in [4.78, 5) is 20.3. The summed E-state index contributed by atoms with van der Waals surface area (Å²) in [5, 5.41) is 5.57. The molecule has 27 heavy (non-hydrogen) atoms. The van der Waals surface area contributed by atoms with Crippen molar-refractivity contribution in [2.75, 3.05) is 10.6 Å². The minimum Gasteiger partial charge on any atom is -0.365 e. The van der Waals surface area contributed by atoms with Crippen LogP contribution in [0.3, 0.4) is 0 Å². The number of hydrogen-bond donors (Lipinski definition) is 2. The molecule has 0 unspecified atom stereocenters. The molecule has 2 N–H and O–H groups in total. The zero-order valence-corrected chi connectivity index (χ0v) is 14.0. The lowest BCUT2D eigenvalue weighted by Gasteiger charge is -2.09. The van der Waals surface area contributed by atoms with Crippen molar-refractivity contribution < 1.29 is 18.0 Å².